The van der Waals surface area contributed by atoms with Crippen molar-refractivity contribution in [2.24, 2.45) is 0 Å². The Morgan fingerprint density at radius 3 is 2.52 bits per heavy atom. The van der Waals surface area contributed by atoms with E-state index < -0.39 is 23.4 Å². The van der Waals surface area contributed by atoms with Gasteiger partial charge in [-0.25, -0.2) is 18.2 Å². The van der Waals surface area contributed by atoms with Crippen molar-refractivity contribution in [3.63, 3.8) is 0 Å². The van der Waals surface area contributed by atoms with Crippen molar-refractivity contribution in [1.29, 1.82) is 0 Å². The first-order valence-corrected chi connectivity index (χ1v) is 7.47. The Balaban J connectivity index is 1.71. The summed E-state index contributed by atoms with van der Waals surface area (Å²) >= 11 is 0. The van der Waals surface area contributed by atoms with Crippen LogP contribution in [0.2, 0.25) is 0 Å². The highest BCUT2D eigenvalue weighted by atomic mass is 19.2. The lowest BCUT2D eigenvalue weighted by molar-refractivity contribution is 0.0950. The topological polar surface area (TPSA) is 46.9 Å². The van der Waals surface area contributed by atoms with Gasteiger partial charge < -0.3 is 9.88 Å². The first kappa shape index (κ1) is 16.8. The van der Waals surface area contributed by atoms with Crippen LogP contribution in [0.4, 0.5) is 13.2 Å². The fraction of sp³-hybridized carbons (Fsp3) is 0.111. The zero-order chi connectivity index (χ0) is 18.0. The molecule has 0 saturated carbocycles. The molecule has 4 nitrogen and oxygen atoms in total. The maximum atomic E-state index is 14.3. The monoisotopic (exact) mass is 345 g/mol. The van der Waals surface area contributed by atoms with E-state index in [2.05, 4.69) is 10.3 Å². The van der Waals surface area contributed by atoms with Gasteiger partial charge in [-0.3, -0.25) is 4.79 Å². The summed E-state index contributed by atoms with van der Waals surface area (Å²) in [6, 6.07) is 7.44. The van der Waals surface area contributed by atoms with E-state index in [-0.39, 0.29) is 12.1 Å². The number of nitrogens with zero attached hydrogens (tertiary/aromatic N) is 2. The van der Waals surface area contributed by atoms with Crippen LogP contribution in [0.5, 0.6) is 0 Å². The molecular formula is C18H14F3N3O. The molecule has 0 fully saturated rings. The summed E-state index contributed by atoms with van der Waals surface area (Å²) in [5.74, 6) is -2.50. The van der Waals surface area contributed by atoms with Crippen LogP contribution in [0.3, 0.4) is 0 Å². The zero-order valence-electron chi connectivity index (χ0n) is 13.3. The van der Waals surface area contributed by atoms with Gasteiger partial charge in [0.05, 0.1) is 5.69 Å². The van der Waals surface area contributed by atoms with Gasteiger partial charge in [0, 0.05) is 24.5 Å². The molecule has 0 unspecified atom stereocenters. The predicted molar refractivity (Wildman–Crippen MR) is 85.8 cm³/mol. The average molecular weight is 345 g/mol. The molecule has 0 aliphatic rings. The summed E-state index contributed by atoms with van der Waals surface area (Å²) in [6.45, 7) is 1.81. The molecule has 0 bridgehead atoms. The van der Waals surface area contributed by atoms with Crippen LogP contribution in [0.1, 0.15) is 21.7 Å². The molecule has 0 aliphatic carbocycles. The molecule has 0 atom stereocenters. The molecule has 128 valence electrons. The lowest BCUT2D eigenvalue weighted by atomic mass is 10.1. The normalized spacial score (nSPS) is 10.7. The van der Waals surface area contributed by atoms with Gasteiger partial charge in [0.1, 0.15) is 11.6 Å². The van der Waals surface area contributed by atoms with Crippen molar-refractivity contribution in [3.05, 3.63) is 83.2 Å². The van der Waals surface area contributed by atoms with Gasteiger partial charge >= 0.3 is 0 Å². The lowest BCUT2D eigenvalue weighted by Crippen LogP contribution is -2.23. The number of imidazole rings is 1. The third-order valence-electron chi connectivity index (χ3n) is 3.73. The van der Waals surface area contributed by atoms with E-state index in [1.54, 1.807) is 36.0 Å². The van der Waals surface area contributed by atoms with Gasteiger partial charge in [0.15, 0.2) is 11.6 Å². The third kappa shape index (κ3) is 3.55. The van der Waals surface area contributed by atoms with Crippen molar-refractivity contribution in [1.82, 2.24) is 14.9 Å². The molecule has 0 spiro atoms. The molecule has 0 radical (unpaired) electrons. The molecule has 25 heavy (non-hydrogen) atoms. The summed E-state index contributed by atoms with van der Waals surface area (Å²) in [5.41, 5.74) is 0.880. The summed E-state index contributed by atoms with van der Waals surface area (Å²) < 4.78 is 41.9. The minimum Gasteiger partial charge on any atom is -0.348 e. The number of benzene rings is 2. The van der Waals surface area contributed by atoms with E-state index in [4.69, 9.17) is 0 Å². The fourth-order valence-corrected chi connectivity index (χ4v) is 2.41. The Morgan fingerprint density at radius 1 is 1.08 bits per heavy atom. The molecule has 1 heterocycles. The molecule has 0 aliphatic heterocycles. The number of halogens is 3. The number of aryl methyl sites for hydroxylation is 1. The number of carbonyl (C=O) groups excluding carboxylic acids is 1. The van der Waals surface area contributed by atoms with Gasteiger partial charge in [-0.05, 0) is 42.8 Å². The minimum absolute atomic E-state index is 0.00923. The molecule has 7 heteroatoms. The Morgan fingerprint density at radius 2 is 1.88 bits per heavy atom. The largest absolute Gasteiger partial charge is 0.348 e. The first-order chi connectivity index (χ1) is 12.0. The highest BCUT2D eigenvalue weighted by Crippen LogP contribution is 2.17. The predicted octanol–water partition coefficient (Wildman–Crippen LogP) is 3.53. The molecule has 3 rings (SSSR count). The van der Waals surface area contributed by atoms with Crippen LogP contribution in [0.15, 0.2) is 48.8 Å². The SMILES string of the molecule is Cc1nccn1-c1ccc(CNC(=O)c2ccc(F)c(F)c2)cc1F. The molecule has 3 aromatic rings. The Labute approximate surface area is 141 Å². The van der Waals surface area contributed by atoms with Crippen molar-refractivity contribution < 1.29 is 18.0 Å². The van der Waals surface area contributed by atoms with Crippen LogP contribution < -0.4 is 5.32 Å². The van der Waals surface area contributed by atoms with Gasteiger partial charge in [0.2, 0.25) is 0 Å². The number of rotatable bonds is 4. The number of aromatic nitrogens is 2. The Kier molecular flexibility index (Phi) is 4.56. The van der Waals surface area contributed by atoms with Crippen molar-refractivity contribution >= 4 is 5.91 Å². The molecule has 0 saturated heterocycles. The second kappa shape index (κ2) is 6.80. The van der Waals surface area contributed by atoms with E-state index in [0.717, 1.165) is 12.1 Å². The van der Waals surface area contributed by atoms with E-state index in [9.17, 15) is 18.0 Å². The highest BCUT2D eigenvalue weighted by molar-refractivity contribution is 5.94. The number of nitrogens with one attached hydrogen (secondary N) is 1. The summed E-state index contributed by atoms with van der Waals surface area (Å²) in [5, 5.41) is 2.54. The van der Waals surface area contributed by atoms with E-state index in [1.807, 2.05) is 0 Å². The maximum absolute atomic E-state index is 14.3. The van der Waals surface area contributed by atoms with E-state index in [1.165, 1.54) is 12.1 Å². The van der Waals surface area contributed by atoms with Gasteiger partial charge in [-0.2, -0.15) is 0 Å². The Bertz CT molecular complexity index is 937. The number of amides is 1. The summed E-state index contributed by atoms with van der Waals surface area (Å²) in [6.07, 6.45) is 3.23. The summed E-state index contributed by atoms with van der Waals surface area (Å²) in [4.78, 5) is 16.0. The highest BCUT2D eigenvalue weighted by Gasteiger charge is 2.11. The van der Waals surface area contributed by atoms with E-state index >= 15 is 0 Å². The molecule has 2 aromatic carbocycles. The van der Waals surface area contributed by atoms with Crippen LogP contribution in [-0.2, 0) is 6.54 Å². The van der Waals surface area contributed by atoms with Gasteiger partial charge in [-0.15, -0.1) is 0 Å². The lowest BCUT2D eigenvalue weighted by Gasteiger charge is -2.10. The Hall–Kier alpha value is -3.09. The molecule has 1 N–H and O–H groups in total. The first-order valence-electron chi connectivity index (χ1n) is 7.47. The second-order valence-corrected chi connectivity index (χ2v) is 5.44. The van der Waals surface area contributed by atoms with Crippen LogP contribution in [0.25, 0.3) is 5.69 Å². The van der Waals surface area contributed by atoms with Crippen molar-refractivity contribution in [2.45, 2.75) is 13.5 Å². The molecule has 1 amide bonds. The molecule has 1 aromatic heterocycles. The zero-order valence-corrected chi connectivity index (χ0v) is 13.3. The van der Waals surface area contributed by atoms with Gasteiger partial charge in [0.25, 0.3) is 5.91 Å². The smallest absolute Gasteiger partial charge is 0.251 e. The number of hydrogen-bond acceptors (Lipinski definition) is 2. The maximum Gasteiger partial charge on any atom is 0.251 e. The van der Waals surface area contributed by atoms with Crippen LogP contribution >= 0.6 is 0 Å². The summed E-state index contributed by atoms with van der Waals surface area (Å²) in [7, 11) is 0. The number of carbonyl (C=O) groups is 1. The quantitative estimate of drug-likeness (QED) is 0.786. The third-order valence-corrected chi connectivity index (χ3v) is 3.73. The standard InChI is InChI=1S/C18H14F3N3O/c1-11-22-6-7-24(11)17-5-2-12(8-16(17)21)10-23-18(25)13-3-4-14(19)15(20)9-13/h2-9H,10H2,1H3,(H,23,25). The minimum atomic E-state index is -1.10. The van der Waals surface area contributed by atoms with Crippen LogP contribution in [-0.4, -0.2) is 15.5 Å². The van der Waals surface area contributed by atoms with Crippen LogP contribution in [0, 0.1) is 24.4 Å². The van der Waals surface area contributed by atoms with Crippen molar-refractivity contribution in [2.75, 3.05) is 0 Å². The molecular weight excluding hydrogens is 331 g/mol. The van der Waals surface area contributed by atoms with Gasteiger partial charge in [-0.1, -0.05) is 6.07 Å². The number of hydrogen-bond donors (Lipinski definition) is 1. The van der Waals surface area contributed by atoms with E-state index in [0.29, 0.717) is 17.1 Å². The van der Waals surface area contributed by atoms with Crippen molar-refractivity contribution in [3.8, 4) is 5.69 Å². The average Bonchev–Trinajstić information content (AvgIpc) is 3.01. The fourth-order valence-electron chi connectivity index (χ4n) is 2.41. The second-order valence-electron chi connectivity index (χ2n) is 5.44.